The Hall–Kier alpha value is -2.29. The van der Waals surface area contributed by atoms with Crippen LogP contribution in [0.2, 0.25) is 0 Å². The molecule has 0 heterocycles. The Balaban J connectivity index is 2.05. The first-order chi connectivity index (χ1) is 11.4. The van der Waals surface area contributed by atoms with E-state index in [4.69, 9.17) is 4.74 Å². The topological polar surface area (TPSA) is 38.3 Å². The molecule has 3 heteroatoms. The van der Waals surface area contributed by atoms with Crippen LogP contribution in [0.5, 0.6) is 5.75 Å². The molecule has 0 saturated heterocycles. The van der Waals surface area contributed by atoms with Gasteiger partial charge < -0.3 is 10.1 Å². The Bertz CT molecular complexity index is 709. The molecule has 0 aliphatic heterocycles. The lowest BCUT2D eigenvalue weighted by Gasteiger charge is -2.22. The maximum atomic E-state index is 12.5. The molecule has 1 N–H and O–H groups in total. The largest absolute Gasteiger partial charge is 0.481 e. The van der Waals surface area contributed by atoms with Gasteiger partial charge in [0, 0.05) is 0 Å². The fraction of sp³-hybridized carbons (Fsp3) is 0.381. The van der Waals surface area contributed by atoms with Gasteiger partial charge in [0.2, 0.25) is 0 Å². The number of para-hydroxylation sites is 1. The van der Waals surface area contributed by atoms with Crippen LogP contribution >= 0.6 is 0 Å². The van der Waals surface area contributed by atoms with Crippen LogP contribution in [-0.2, 0) is 4.79 Å². The van der Waals surface area contributed by atoms with Gasteiger partial charge in [-0.15, -0.1) is 0 Å². The van der Waals surface area contributed by atoms with E-state index in [1.165, 1.54) is 11.1 Å². The highest BCUT2D eigenvalue weighted by Gasteiger charge is 2.20. The summed E-state index contributed by atoms with van der Waals surface area (Å²) in [7, 11) is 0. The van der Waals surface area contributed by atoms with Crippen molar-refractivity contribution < 1.29 is 9.53 Å². The fourth-order valence-electron chi connectivity index (χ4n) is 2.62. The molecule has 24 heavy (non-hydrogen) atoms. The maximum absolute atomic E-state index is 12.5. The van der Waals surface area contributed by atoms with Gasteiger partial charge in [-0.3, -0.25) is 4.79 Å². The summed E-state index contributed by atoms with van der Waals surface area (Å²) in [4.78, 5) is 12.5. The van der Waals surface area contributed by atoms with E-state index in [9.17, 15) is 4.79 Å². The smallest absolute Gasteiger partial charge is 0.261 e. The van der Waals surface area contributed by atoms with Gasteiger partial charge in [0.15, 0.2) is 6.10 Å². The average Bonchev–Trinajstić information content (AvgIpc) is 2.57. The molecule has 2 rings (SSSR count). The van der Waals surface area contributed by atoms with Crippen LogP contribution in [-0.4, -0.2) is 12.0 Å². The standard InChI is InChI=1S/C21H27NO2/c1-6-19(18-12-11-14(2)16(4)13-18)22-21(23)17(5)24-20-10-8-7-9-15(20)3/h7-13,17,19H,6H2,1-5H3,(H,22,23). The van der Waals surface area contributed by atoms with Gasteiger partial charge in [0.25, 0.3) is 5.91 Å². The van der Waals surface area contributed by atoms with Gasteiger partial charge in [-0.1, -0.05) is 43.3 Å². The Labute approximate surface area is 145 Å². The predicted octanol–water partition coefficient (Wildman–Crippen LogP) is 4.65. The summed E-state index contributed by atoms with van der Waals surface area (Å²) in [6.45, 7) is 10.0. The highest BCUT2D eigenvalue weighted by atomic mass is 16.5. The molecule has 128 valence electrons. The second-order valence-electron chi connectivity index (χ2n) is 6.34. The van der Waals surface area contributed by atoms with Crippen LogP contribution in [0.4, 0.5) is 0 Å². The Morgan fingerprint density at radius 2 is 1.75 bits per heavy atom. The van der Waals surface area contributed by atoms with Crippen LogP contribution < -0.4 is 10.1 Å². The molecule has 2 atom stereocenters. The number of amides is 1. The molecule has 1 amide bonds. The summed E-state index contributed by atoms with van der Waals surface area (Å²) in [5.41, 5.74) is 4.66. The van der Waals surface area contributed by atoms with E-state index in [0.29, 0.717) is 0 Å². The number of hydrogen-bond acceptors (Lipinski definition) is 2. The highest BCUT2D eigenvalue weighted by molar-refractivity contribution is 5.81. The molecule has 2 aromatic carbocycles. The van der Waals surface area contributed by atoms with Crippen molar-refractivity contribution in [3.05, 3.63) is 64.7 Å². The van der Waals surface area contributed by atoms with Crippen LogP contribution in [0.25, 0.3) is 0 Å². The van der Waals surface area contributed by atoms with E-state index < -0.39 is 6.10 Å². The lowest BCUT2D eigenvalue weighted by atomic mass is 9.99. The first kappa shape index (κ1) is 18.1. The molecular formula is C21H27NO2. The van der Waals surface area contributed by atoms with Crippen molar-refractivity contribution in [2.75, 3.05) is 0 Å². The number of ether oxygens (including phenoxy) is 1. The minimum Gasteiger partial charge on any atom is -0.481 e. The van der Waals surface area contributed by atoms with Crippen LogP contribution in [0, 0.1) is 20.8 Å². The van der Waals surface area contributed by atoms with Crippen molar-refractivity contribution in [3.63, 3.8) is 0 Å². The van der Waals surface area contributed by atoms with E-state index >= 15 is 0 Å². The van der Waals surface area contributed by atoms with Gasteiger partial charge in [0.05, 0.1) is 6.04 Å². The van der Waals surface area contributed by atoms with Crippen molar-refractivity contribution in [2.24, 2.45) is 0 Å². The van der Waals surface area contributed by atoms with E-state index in [0.717, 1.165) is 23.3 Å². The molecule has 2 unspecified atom stereocenters. The summed E-state index contributed by atoms with van der Waals surface area (Å²) in [6.07, 6.45) is 0.303. The van der Waals surface area contributed by atoms with Crippen molar-refractivity contribution in [1.29, 1.82) is 0 Å². The SMILES string of the molecule is CCC(NC(=O)C(C)Oc1ccccc1C)c1ccc(C)c(C)c1. The molecule has 0 saturated carbocycles. The number of aryl methyl sites for hydroxylation is 3. The third-order valence-electron chi connectivity index (χ3n) is 4.42. The Morgan fingerprint density at radius 3 is 2.38 bits per heavy atom. The Kier molecular flexibility index (Phi) is 6.02. The first-order valence-electron chi connectivity index (χ1n) is 8.52. The Morgan fingerprint density at radius 1 is 1.04 bits per heavy atom. The number of hydrogen-bond donors (Lipinski definition) is 1. The van der Waals surface area contributed by atoms with Crippen molar-refractivity contribution in [3.8, 4) is 5.75 Å². The normalized spacial score (nSPS) is 13.2. The second kappa shape index (κ2) is 8.00. The summed E-state index contributed by atoms with van der Waals surface area (Å²) in [6, 6.07) is 14.1. The summed E-state index contributed by atoms with van der Waals surface area (Å²) >= 11 is 0. The highest BCUT2D eigenvalue weighted by Crippen LogP contribution is 2.21. The molecule has 0 bridgehead atoms. The number of rotatable bonds is 6. The van der Waals surface area contributed by atoms with Crippen LogP contribution in [0.1, 0.15) is 48.6 Å². The summed E-state index contributed by atoms with van der Waals surface area (Å²) < 4.78 is 5.82. The summed E-state index contributed by atoms with van der Waals surface area (Å²) in [5.74, 6) is 0.655. The maximum Gasteiger partial charge on any atom is 0.261 e. The minimum absolute atomic E-state index is 0.000259. The predicted molar refractivity (Wildman–Crippen MR) is 98.4 cm³/mol. The lowest BCUT2D eigenvalue weighted by Crippen LogP contribution is -2.38. The molecule has 0 aromatic heterocycles. The van der Waals surface area contributed by atoms with E-state index in [1.807, 2.05) is 31.2 Å². The molecule has 0 aliphatic carbocycles. The number of benzene rings is 2. The van der Waals surface area contributed by atoms with Crippen molar-refractivity contribution in [1.82, 2.24) is 5.32 Å². The third-order valence-corrected chi connectivity index (χ3v) is 4.42. The average molecular weight is 325 g/mol. The molecule has 2 aromatic rings. The number of carbonyl (C=O) groups excluding carboxylic acids is 1. The van der Waals surface area contributed by atoms with Gasteiger partial charge in [-0.2, -0.15) is 0 Å². The monoisotopic (exact) mass is 325 g/mol. The molecule has 0 radical (unpaired) electrons. The van der Waals surface area contributed by atoms with Crippen LogP contribution in [0.3, 0.4) is 0 Å². The van der Waals surface area contributed by atoms with Gasteiger partial charge >= 0.3 is 0 Å². The zero-order chi connectivity index (χ0) is 17.7. The zero-order valence-electron chi connectivity index (χ0n) is 15.2. The second-order valence-corrected chi connectivity index (χ2v) is 6.34. The van der Waals surface area contributed by atoms with Gasteiger partial charge in [-0.05, 0) is 62.4 Å². The number of nitrogens with one attached hydrogen (secondary N) is 1. The number of carbonyl (C=O) groups is 1. The molecule has 0 aliphatic rings. The molecule has 3 nitrogen and oxygen atoms in total. The minimum atomic E-state index is -0.535. The van der Waals surface area contributed by atoms with E-state index in [1.54, 1.807) is 6.92 Å². The van der Waals surface area contributed by atoms with E-state index in [2.05, 4.69) is 44.3 Å². The quantitative estimate of drug-likeness (QED) is 0.840. The summed E-state index contributed by atoms with van der Waals surface area (Å²) in [5, 5.41) is 3.11. The lowest BCUT2D eigenvalue weighted by molar-refractivity contribution is -0.128. The molecule has 0 spiro atoms. The first-order valence-corrected chi connectivity index (χ1v) is 8.52. The van der Waals surface area contributed by atoms with Gasteiger partial charge in [0.1, 0.15) is 5.75 Å². The molecule has 0 fully saturated rings. The third kappa shape index (κ3) is 4.38. The van der Waals surface area contributed by atoms with E-state index in [-0.39, 0.29) is 11.9 Å². The van der Waals surface area contributed by atoms with Crippen molar-refractivity contribution in [2.45, 2.75) is 53.2 Å². The fourth-order valence-corrected chi connectivity index (χ4v) is 2.62. The van der Waals surface area contributed by atoms with Crippen molar-refractivity contribution >= 4 is 5.91 Å². The molecular weight excluding hydrogens is 298 g/mol. The van der Waals surface area contributed by atoms with Crippen LogP contribution in [0.15, 0.2) is 42.5 Å². The van der Waals surface area contributed by atoms with Gasteiger partial charge in [-0.25, -0.2) is 0 Å². The zero-order valence-corrected chi connectivity index (χ0v) is 15.2.